The number of carbonyl (C=O) groups is 1. The second-order valence-electron chi connectivity index (χ2n) is 4.57. The topological polar surface area (TPSA) is 49.3 Å². The van der Waals surface area contributed by atoms with Gasteiger partial charge in [-0.15, -0.1) is 0 Å². The van der Waals surface area contributed by atoms with Crippen molar-refractivity contribution in [1.29, 1.82) is 0 Å². The number of rotatable bonds is 6. The van der Waals surface area contributed by atoms with E-state index in [9.17, 15) is 4.79 Å². The molecule has 0 heterocycles. The van der Waals surface area contributed by atoms with Gasteiger partial charge in [0.15, 0.2) is 0 Å². The SMILES string of the molecule is CCCC(CNC1CCCCC1)C(=O)O. The van der Waals surface area contributed by atoms with E-state index in [0.29, 0.717) is 12.6 Å². The molecule has 0 aromatic rings. The van der Waals surface area contributed by atoms with Gasteiger partial charge >= 0.3 is 5.97 Å². The standard InChI is InChI=1S/C12H23NO2/c1-2-6-10(12(14)15)9-13-11-7-4-3-5-8-11/h10-11,13H,2-9H2,1H3,(H,14,15). The molecule has 0 radical (unpaired) electrons. The molecular formula is C12H23NO2. The Balaban J connectivity index is 2.22. The van der Waals surface area contributed by atoms with Crippen molar-refractivity contribution in [2.24, 2.45) is 5.92 Å². The van der Waals surface area contributed by atoms with Crippen LogP contribution in [0.3, 0.4) is 0 Å². The van der Waals surface area contributed by atoms with Crippen LogP contribution in [-0.4, -0.2) is 23.7 Å². The molecule has 0 spiro atoms. The zero-order valence-electron chi connectivity index (χ0n) is 9.67. The highest BCUT2D eigenvalue weighted by Crippen LogP contribution is 2.18. The molecule has 0 bridgehead atoms. The second-order valence-corrected chi connectivity index (χ2v) is 4.57. The fourth-order valence-electron chi connectivity index (χ4n) is 2.28. The molecule has 1 atom stereocenters. The first-order chi connectivity index (χ1) is 7.24. The van der Waals surface area contributed by atoms with Crippen molar-refractivity contribution in [3.8, 4) is 0 Å². The lowest BCUT2D eigenvalue weighted by atomic mass is 9.94. The summed E-state index contributed by atoms with van der Waals surface area (Å²) in [6.07, 6.45) is 8.11. The van der Waals surface area contributed by atoms with Gasteiger partial charge in [0.05, 0.1) is 5.92 Å². The molecule has 0 amide bonds. The number of hydrogen-bond acceptors (Lipinski definition) is 2. The van der Waals surface area contributed by atoms with E-state index >= 15 is 0 Å². The van der Waals surface area contributed by atoms with Gasteiger partial charge in [-0.2, -0.15) is 0 Å². The average molecular weight is 213 g/mol. The molecule has 1 rings (SSSR count). The van der Waals surface area contributed by atoms with Gasteiger partial charge in [-0.25, -0.2) is 0 Å². The van der Waals surface area contributed by atoms with E-state index in [2.05, 4.69) is 5.32 Å². The minimum atomic E-state index is -0.653. The minimum absolute atomic E-state index is 0.197. The summed E-state index contributed by atoms with van der Waals surface area (Å²) in [7, 11) is 0. The van der Waals surface area contributed by atoms with E-state index in [4.69, 9.17) is 5.11 Å². The third kappa shape index (κ3) is 4.65. The maximum Gasteiger partial charge on any atom is 0.307 e. The number of carboxylic acid groups (broad SMARTS) is 1. The first-order valence-electron chi connectivity index (χ1n) is 6.20. The van der Waals surface area contributed by atoms with E-state index in [-0.39, 0.29) is 5.92 Å². The molecular weight excluding hydrogens is 190 g/mol. The zero-order chi connectivity index (χ0) is 11.1. The van der Waals surface area contributed by atoms with E-state index in [1.807, 2.05) is 6.92 Å². The number of aliphatic carboxylic acids is 1. The predicted molar refractivity (Wildman–Crippen MR) is 60.9 cm³/mol. The summed E-state index contributed by atoms with van der Waals surface area (Å²) in [5.41, 5.74) is 0. The van der Waals surface area contributed by atoms with Crippen LogP contribution in [0.15, 0.2) is 0 Å². The van der Waals surface area contributed by atoms with Crippen molar-refractivity contribution in [2.45, 2.75) is 57.9 Å². The van der Waals surface area contributed by atoms with Crippen LogP contribution in [0.2, 0.25) is 0 Å². The maximum absolute atomic E-state index is 10.9. The van der Waals surface area contributed by atoms with Crippen LogP contribution in [0.25, 0.3) is 0 Å². The molecule has 0 saturated heterocycles. The van der Waals surface area contributed by atoms with E-state index < -0.39 is 5.97 Å². The Kier molecular flexibility index (Phi) is 5.69. The van der Waals surface area contributed by atoms with Crippen molar-refractivity contribution in [3.63, 3.8) is 0 Å². The lowest BCUT2D eigenvalue weighted by molar-refractivity contribution is -0.141. The van der Waals surface area contributed by atoms with Crippen LogP contribution >= 0.6 is 0 Å². The zero-order valence-corrected chi connectivity index (χ0v) is 9.67. The highest BCUT2D eigenvalue weighted by molar-refractivity contribution is 5.70. The first kappa shape index (κ1) is 12.5. The summed E-state index contributed by atoms with van der Waals surface area (Å²) >= 11 is 0. The molecule has 1 fully saturated rings. The highest BCUT2D eigenvalue weighted by atomic mass is 16.4. The Labute approximate surface area is 92.3 Å². The summed E-state index contributed by atoms with van der Waals surface area (Å²) in [5, 5.41) is 12.4. The smallest absolute Gasteiger partial charge is 0.307 e. The Bertz CT molecular complexity index is 188. The van der Waals surface area contributed by atoms with Gasteiger partial charge in [-0.3, -0.25) is 4.79 Å². The molecule has 1 aliphatic carbocycles. The lowest BCUT2D eigenvalue weighted by Gasteiger charge is -2.24. The van der Waals surface area contributed by atoms with Crippen LogP contribution in [0.1, 0.15) is 51.9 Å². The van der Waals surface area contributed by atoms with Crippen LogP contribution in [0.4, 0.5) is 0 Å². The van der Waals surface area contributed by atoms with Gasteiger partial charge in [0.1, 0.15) is 0 Å². The van der Waals surface area contributed by atoms with Crippen LogP contribution in [0, 0.1) is 5.92 Å². The van der Waals surface area contributed by atoms with Crippen molar-refractivity contribution < 1.29 is 9.90 Å². The van der Waals surface area contributed by atoms with Crippen molar-refractivity contribution in [3.05, 3.63) is 0 Å². The van der Waals surface area contributed by atoms with Crippen LogP contribution in [0.5, 0.6) is 0 Å². The molecule has 0 aromatic carbocycles. The molecule has 3 nitrogen and oxygen atoms in total. The summed E-state index contributed by atoms with van der Waals surface area (Å²) in [5.74, 6) is -0.850. The third-order valence-corrected chi connectivity index (χ3v) is 3.24. The van der Waals surface area contributed by atoms with E-state index in [1.54, 1.807) is 0 Å². The van der Waals surface area contributed by atoms with E-state index in [0.717, 1.165) is 12.8 Å². The summed E-state index contributed by atoms with van der Waals surface area (Å²) in [6.45, 7) is 2.68. The summed E-state index contributed by atoms with van der Waals surface area (Å²) in [4.78, 5) is 10.9. The minimum Gasteiger partial charge on any atom is -0.481 e. The highest BCUT2D eigenvalue weighted by Gasteiger charge is 2.19. The Morgan fingerprint density at radius 2 is 2.07 bits per heavy atom. The number of nitrogens with one attached hydrogen (secondary N) is 1. The molecule has 0 aliphatic heterocycles. The van der Waals surface area contributed by atoms with Crippen molar-refractivity contribution in [1.82, 2.24) is 5.32 Å². The quantitative estimate of drug-likeness (QED) is 0.712. The van der Waals surface area contributed by atoms with Crippen LogP contribution < -0.4 is 5.32 Å². The molecule has 0 aromatic heterocycles. The van der Waals surface area contributed by atoms with Crippen LogP contribution in [-0.2, 0) is 4.79 Å². The van der Waals surface area contributed by atoms with Gasteiger partial charge in [-0.1, -0.05) is 32.6 Å². The van der Waals surface area contributed by atoms with Crippen molar-refractivity contribution in [2.75, 3.05) is 6.54 Å². The molecule has 3 heteroatoms. The Hall–Kier alpha value is -0.570. The normalized spacial score (nSPS) is 20.1. The Morgan fingerprint density at radius 3 is 2.60 bits per heavy atom. The molecule has 15 heavy (non-hydrogen) atoms. The van der Waals surface area contributed by atoms with Gasteiger partial charge in [-0.05, 0) is 19.3 Å². The van der Waals surface area contributed by atoms with Crippen molar-refractivity contribution >= 4 is 5.97 Å². The molecule has 1 unspecified atom stereocenters. The lowest BCUT2D eigenvalue weighted by Crippen LogP contribution is -2.37. The monoisotopic (exact) mass is 213 g/mol. The average Bonchev–Trinajstić information content (AvgIpc) is 2.25. The van der Waals surface area contributed by atoms with Gasteiger partial charge in [0.2, 0.25) is 0 Å². The molecule has 1 aliphatic rings. The van der Waals surface area contributed by atoms with Gasteiger partial charge < -0.3 is 10.4 Å². The fourth-order valence-corrected chi connectivity index (χ4v) is 2.28. The summed E-state index contributed by atoms with van der Waals surface area (Å²) < 4.78 is 0. The largest absolute Gasteiger partial charge is 0.481 e. The summed E-state index contributed by atoms with van der Waals surface area (Å²) in [6, 6.07) is 0.567. The predicted octanol–water partition coefficient (Wildman–Crippen LogP) is 2.41. The Morgan fingerprint density at radius 1 is 1.40 bits per heavy atom. The molecule has 88 valence electrons. The number of carboxylic acids is 1. The third-order valence-electron chi connectivity index (χ3n) is 3.24. The van der Waals surface area contributed by atoms with Gasteiger partial charge in [0.25, 0.3) is 0 Å². The molecule has 2 N–H and O–H groups in total. The molecule has 1 saturated carbocycles. The fraction of sp³-hybridized carbons (Fsp3) is 0.917. The van der Waals surface area contributed by atoms with Gasteiger partial charge in [0, 0.05) is 12.6 Å². The maximum atomic E-state index is 10.9. The number of hydrogen-bond donors (Lipinski definition) is 2. The second kappa shape index (κ2) is 6.83. The van der Waals surface area contributed by atoms with E-state index in [1.165, 1.54) is 32.1 Å². The first-order valence-corrected chi connectivity index (χ1v) is 6.20.